The third-order valence-corrected chi connectivity index (χ3v) is 2.10. The fraction of sp³-hybridized carbons (Fsp3) is 0.0909. The lowest BCUT2D eigenvalue weighted by molar-refractivity contribution is -0.128. The van der Waals surface area contributed by atoms with Gasteiger partial charge in [-0.15, -0.1) is 0 Å². The molecule has 5 nitrogen and oxygen atoms in total. The van der Waals surface area contributed by atoms with Crippen LogP contribution < -0.4 is 10.5 Å². The van der Waals surface area contributed by atoms with E-state index >= 15 is 0 Å². The number of halogens is 3. The summed E-state index contributed by atoms with van der Waals surface area (Å²) in [6, 6.07) is 4.99. The number of allylic oxidation sites excluding steroid dienone is 1. The van der Waals surface area contributed by atoms with Gasteiger partial charge in [0, 0.05) is 11.6 Å². The maximum absolute atomic E-state index is 12.4. The lowest BCUT2D eigenvalue weighted by Crippen LogP contribution is -2.19. The number of hydrogen-bond donors (Lipinski definition) is 2. The molecular formula is C11H8ClF2NO4. The van der Waals surface area contributed by atoms with Crippen LogP contribution >= 0.6 is 11.6 Å². The van der Waals surface area contributed by atoms with E-state index in [-0.39, 0.29) is 11.3 Å². The number of rotatable bonds is 4. The third-order valence-electron chi connectivity index (χ3n) is 1.92. The molecule has 0 aliphatic rings. The lowest BCUT2D eigenvalue weighted by atomic mass is 10.1. The van der Waals surface area contributed by atoms with Crippen molar-refractivity contribution in [1.82, 2.24) is 0 Å². The van der Waals surface area contributed by atoms with Crippen LogP contribution in [0.25, 0.3) is 5.76 Å². The second-order valence-corrected chi connectivity index (χ2v) is 3.81. The molecule has 102 valence electrons. The van der Waals surface area contributed by atoms with Crippen LogP contribution in [-0.2, 0) is 4.79 Å². The van der Waals surface area contributed by atoms with Gasteiger partial charge in [0.2, 0.25) is 5.78 Å². The van der Waals surface area contributed by atoms with E-state index in [1.54, 1.807) is 0 Å². The Morgan fingerprint density at radius 3 is 2.26 bits per heavy atom. The fourth-order valence-electron chi connectivity index (χ4n) is 1.10. The summed E-state index contributed by atoms with van der Waals surface area (Å²) in [5, 5.41) is 5.36. The first-order valence-corrected chi connectivity index (χ1v) is 5.17. The zero-order valence-electron chi connectivity index (χ0n) is 9.27. The largest absolute Gasteiger partial charge is 0.507 e. The molecule has 0 fully saturated rings. The van der Waals surface area contributed by atoms with Crippen molar-refractivity contribution in [2.45, 2.75) is 5.38 Å². The second kappa shape index (κ2) is 5.66. The summed E-state index contributed by atoms with van der Waals surface area (Å²) in [6.07, 6.45) is -0.721. The van der Waals surface area contributed by atoms with Crippen LogP contribution in [0.1, 0.15) is 5.56 Å². The van der Waals surface area contributed by atoms with Gasteiger partial charge in [0.1, 0.15) is 11.5 Å². The molecule has 1 rings (SSSR count). The Morgan fingerprint density at radius 1 is 1.32 bits per heavy atom. The van der Waals surface area contributed by atoms with Gasteiger partial charge in [-0.25, -0.2) is 4.79 Å². The number of hydrogen-bond acceptors (Lipinski definition) is 4. The third kappa shape index (κ3) is 4.55. The molecule has 19 heavy (non-hydrogen) atoms. The van der Waals surface area contributed by atoms with Gasteiger partial charge in [0.15, 0.2) is 0 Å². The summed E-state index contributed by atoms with van der Waals surface area (Å²) >= 11 is 4.49. The number of aliphatic hydroxyl groups excluding tert-OH is 1. The standard InChI is InChI=1S/C11H8ClF2NO4/c12-11(13,14)9(17)5-8(16)6-1-3-7(4-2-6)19-10(15)18/h1-5,16H,(H2,15,18). The molecule has 0 saturated carbocycles. The molecule has 0 radical (unpaired) electrons. The van der Waals surface area contributed by atoms with Crippen LogP contribution in [0.5, 0.6) is 5.75 Å². The van der Waals surface area contributed by atoms with Crippen LogP contribution in [0.4, 0.5) is 13.6 Å². The monoisotopic (exact) mass is 291 g/mol. The van der Waals surface area contributed by atoms with Crippen molar-refractivity contribution in [2.75, 3.05) is 0 Å². The van der Waals surface area contributed by atoms with Crippen molar-refractivity contribution in [3.8, 4) is 5.75 Å². The number of ketones is 1. The fourth-order valence-corrected chi connectivity index (χ4v) is 1.15. The highest BCUT2D eigenvalue weighted by Crippen LogP contribution is 2.23. The van der Waals surface area contributed by atoms with Crippen LogP contribution in [0.3, 0.4) is 0 Å². The quantitative estimate of drug-likeness (QED) is 0.506. The molecule has 8 heteroatoms. The number of benzene rings is 1. The molecule has 0 unspecified atom stereocenters. The molecule has 0 aromatic heterocycles. The predicted octanol–water partition coefficient (Wildman–Crippen LogP) is 2.44. The molecular weight excluding hydrogens is 284 g/mol. The zero-order chi connectivity index (χ0) is 14.6. The molecule has 1 aromatic rings. The van der Waals surface area contributed by atoms with Gasteiger partial charge in [-0.3, -0.25) is 4.79 Å². The maximum atomic E-state index is 12.4. The Morgan fingerprint density at radius 2 is 1.84 bits per heavy atom. The molecule has 0 aliphatic carbocycles. The van der Waals surface area contributed by atoms with E-state index in [0.29, 0.717) is 6.08 Å². The Balaban J connectivity index is 2.89. The minimum Gasteiger partial charge on any atom is -0.507 e. The Bertz CT molecular complexity index is 522. The number of ether oxygens (including phenoxy) is 1. The highest BCUT2D eigenvalue weighted by atomic mass is 35.5. The zero-order valence-corrected chi connectivity index (χ0v) is 10.0. The average molecular weight is 292 g/mol. The van der Waals surface area contributed by atoms with Gasteiger partial charge in [-0.2, -0.15) is 8.78 Å². The molecule has 3 N–H and O–H groups in total. The van der Waals surface area contributed by atoms with Crippen molar-refractivity contribution in [3.63, 3.8) is 0 Å². The number of amides is 1. The van der Waals surface area contributed by atoms with Crippen LogP contribution in [0.2, 0.25) is 0 Å². The van der Waals surface area contributed by atoms with Gasteiger partial charge < -0.3 is 15.6 Å². The predicted molar refractivity (Wildman–Crippen MR) is 63.1 cm³/mol. The molecule has 1 amide bonds. The molecule has 0 heterocycles. The Kier molecular flexibility index (Phi) is 4.44. The van der Waals surface area contributed by atoms with Crippen molar-refractivity contribution < 1.29 is 28.2 Å². The first-order chi connectivity index (χ1) is 8.70. The van der Waals surface area contributed by atoms with E-state index in [2.05, 4.69) is 16.3 Å². The topological polar surface area (TPSA) is 89.6 Å². The van der Waals surface area contributed by atoms with E-state index in [0.717, 1.165) is 0 Å². The molecule has 0 spiro atoms. The number of carbonyl (C=O) groups is 2. The number of carbonyl (C=O) groups excluding carboxylic acids is 2. The van der Waals surface area contributed by atoms with E-state index in [9.17, 15) is 23.5 Å². The molecule has 1 aromatic carbocycles. The average Bonchev–Trinajstić information content (AvgIpc) is 2.27. The van der Waals surface area contributed by atoms with E-state index in [1.165, 1.54) is 24.3 Å². The first-order valence-electron chi connectivity index (χ1n) is 4.79. The van der Waals surface area contributed by atoms with Crippen molar-refractivity contribution in [1.29, 1.82) is 0 Å². The van der Waals surface area contributed by atoms with Gasteiger partial charge in [-0.05, 0) is 35.9 Å². The summed E-state index contributed by atoms with van der Waals surface area (Å²) in [4.78, 5) is 21.3. The van der Waals surface area contributed by atoms with E-state index < -0.39 is 23.0 Å². The minimum absolute atomic E-state index is 0.0612. The van der Waals surface area contributed by atoms with Crippen molar-refractivity contribution in [2.24, 2.45) is 5.73 Å². The van der Waals surface area contributed by atoms with Gasteiger partial charge >= 0.3 is 11.5 Å². The Hall–Kier alpha value is -2.15. The second-order valence-electron chi connectivity index (χ2n) is 3.34. The normalized spacial score (nSPS) is 12.1. The molecule has 0 atom stereocenters. The molecule has 0 aliphatic heterocycles. The highest BCUT2D eigenvalue weighted by Gasteiger charge is 2.34. The lowest BCUT2D eigenvalue weighted by Gasteiger charge is -2.05. The SMILES string of the molecule is NC(=O)Oc1ccc(C(O)=CC(=O)C(F)(F)Cl)cc1. The number of nitrogens with two attached hydrogens (primary N) is 1. The minimum atomic E-state index is -4.08. The number of aliphatic hydroxyl groups is 1. The van der Waals surface area contributed by atoms with Crippen molar-refractivity contribution >= 4 is 29.2 Å². The summed E-state index contributed by atoms with van der Waals surface area (Å²) in [7, 11) is 0. The van der Waals surface area contributed by atoms with E-state index in [4.69, 9.17) is 5.73 Å². The van der Waals surface area contributed by atoms with Crippen molar-refractivity contribution in [3.05, 3.63) is 35.9 Å². The first kappa shape index (κ1) is 14.9. The Labute approximate surface area is 111 Å². The number of alkyl halides is 3. The summed E-state index contributed by atoms with van der Waals surface area (Å²) in [5.74, 6) is -2.35. The van der Waals surface area contributed by atoms with Crippen LogP contribution in [0.15, 0.2) is 30.3 Å². The number of primary amides is 1. The van der Waals surface area contributed by atoms with Crippen LogP contribution in [-0.4, -0.2) is 22.4 Å². The maximum Gasteiger partial charge on any atom is 0.409 e. The van der Waals surface area contributed by atoms with Crippen LogP contribution in [0, 0.1) is 0 Å². The van der Waals surface area contributed by atoms with E-state index in [1.807, 2.05) is 0 Å². The van der Waals surface area contributed by atoms with Gasteiger partial charge in [0.05, 0.1) is 0 Å². The smallest absolute Gasteiger partial charge is 0.409 e. The molecule has 0 bridgehead atoms. The van der Waals surface area contributed by atoms with Gasteiger partial charge in [0.25, 0.3) is 0 Å². The molecule has 0 saturated heterocycles. The van der Waals surface area contributed by atoms with Gasteiger partial charge in [-0.1, -0.05) is 0 Å². The summed E-state index contributed by atoms with van der Waals surface area (Å²) in [6.45, 7) is 0. The highest BCUT2D eigenvalue weighted by molar-refractivity contribution is 6.34. The summed E-state index contributed by atoms with van der Waals surface area (Å²) in [5.41, 5.74) is 4.83. The summed E-state index contributed by atoms with van der Waals surface area (Å²) < 4.78 is 29.3.